The van der Waals surface area contributed by atoms with E-state index in [2.05, 4.69) is 19.9 Å². The lowest BCUT2D eigenvalue weighted by molar-refractivity contribution is 0.138. The Kier molecular flexibility index (Phi) is 2.68. The lowest BCUT2D eigenvalue weighted by Crippen LogP contribution is -2.24. The molecule has 1 unspecified atom stereocenters. The molecule has 0 radical (unpaired) electrons. The maximum absolute atomic E-state index is 6.29. The fourth-order valence-corrected chi connectivity index (χ4v) is 2.64. The molecule has 19 heavy (non-hydrogen) atoms. The third kappa shape index (κ3) is 2.26. The summed E-state index contributed by atoms with van der Waals surface area (Å²) in [5.41, 5.74) is 9.52. The van der Waals surface area contributed by atoms with Crippen LogP contribution >= 0.6 is 0 Å². The zero-order valence-corrected chi connectivity index (χ0v) is 11.6. The van der Waals surface area contributed by atoms with Crippen molar-refractivity contribution in [3.05, 3.63) is 53.0 Å². The van der Waals surface area contributed by atoms with Crippen LogP contribution < -0.4 is 10.5 Å². The third-order valence-corrected chi connectivity index (χ3v) is 3.56. The van der Waals surface area contributed by atoms with Gasteiger partial charge in [-0.2, -0.15) is 0 Å². The fraction of sp³-hybridized carbons (Fsp3) is 0.375. The Morgan fingerprint density at radius 2 is 2.00 bits per heavy atom. The van der Waals surface area contributed by atoms with E-state index in [1.54, 1.807) is 6.26 Å². The highest BCUT2D eigenvalue weighted by Gasteiger charge is 2.30. The van der Waals surface area contributed by atoms with Gasteiger partial charge in [-0.1, -0.05) is 12.1 Å². The first-order valence-corrected chi connectivity index (χ1v) is 6.57. The first kappa shape index (κ1) is 12.3. The van der Waals surface area contributed by atoms with Crippen LogP contribution in [0.2, 0.25) is 0 Å². The smallest absolute Gasteiger partial charge is 0.123 e. The van der Waals surface area contributed by atoms with Crippen LogP contribution in [0.25, 0.3) is 0 Å². The highest BCUT2D eigenvalue weighted by molar-refractivity contribution is 5.44. The number of hydrogen-bond acceptors (Lipinski definition) is 3. The van der Waals surface area contributed by atoms with Crippen molar-refractivity contribution in [3.8, 4) is 5.75 Å². The van der Waals surface area contributed by atoms with Crippen LogP contribution in [-0.2, 0) is 6.42 Å². The molecule has 1 atom stereocenters. The lowest BCUT2D eigenvalue weighted by atomic mass is 9.96. The van der Waals surface area contributed by atoms with Crippen LogP contribution in [-0.4, -0.2) is 5.60 Å². The minimum absolute atomic E-state index is 0.114. The number of ether oxygens (including phenoxy) is 1. The molecule has 0 fully saturated rings. The third-order valence-electron chi connectivity index (χ3n) is 3.56. The molecule has 0 spiro atoms. The molecular weight excluding hydrogens is 238 g/mol. The zero-order chi connectivity index (χ0) is 13.6. The molecule has 3 rings (SSSR count). The summed E-state index contributed by atoms with van der Waals surface area (Å²) in [5.74, 6) is 1.86. The Hall–Kier alpha value is -1.74. The molecule has 0 bridgehead atoms. The van der Waals surface area contributed by atoms with E-state index in [1.165, 1.54) is 5.56 Å². The molecule has 3 heteroatoms. The molecule has 1 aliphatic heterocycles. The van der Waals surface area contributed by atoms with E-state index in [0.717, 1.165) is 29.1 Å². The number of nitrogens with two attached hydrogens (primary N) is 1. The standard InChI is InChI=1S/C16H19NO2/c1-10-6-13(9-18-10)15(17)11-4-5-14-12(7-11)8-16(2,3)19-14/h4-7,9,15H,8,17H2,1-3H3. The number of rotatable bonds is 2. The molecule has 3 nitrogen and oxygen atoms in total. The Labute approximate surface area is 113 Å². The second kappa shape index (κ2) is 4.14. The van der Waals surface area contributed by atoms with Crippen molar-refractivity contribution >= 4 is 0 Å². The van der Waals surface area contributed by atoms with Gasteiger partial charge in [0.15, 0.2) is 0 Å². The van der Waals surface area contributed by atoms with Gasteiger partial charge in [0, 0.05) is 12.0 Å². The van der Waals surface area contributed by atoms with E-state index < -0.39 is 0 Å². The Bertz CT molecular complexity index is 613. The summed E-state index contributed by atoms with van der Waals surface area (Å²) in [6.07, 6.45) is 2.65. The summed E-state index contributed by atoms with van der Waals surface area (Å²) in [6, 6.07) is 8.04. The number of furan rings is 1. The van der Waals surface area contributed by atoms with Crippen LogP contribution in [0.1, 0.15) is 42.3 Å². The summed E-state index contributed by atoms with van der Waals surface area (Å²) in [5, 5.41) is 0. The van der Waals surface area contributed by atoms with Gasteiger partial charge in [-0.05, 0) is 44.0 Å². The van der Waals surface area contributed by atoms with Gasteiger partial charge >= 0.3 is 0 Å². The lowest BCUT2D eigenvalue weighted by Gasteiger charge is -2.16. The zero-order valence-electron chi connectivity index (χ0n) is 11.6. The Morgan fingerprint density at radius 1 is 1.21 bits per heavy atom. The van der Waals surface area contributed by atoms with Crippen LogP contribution in [0.5, 0.6) is 5.75 Å². The van der Waals surface area contributed by atoms with Crippen LogP contribution in [0.15, 0.2) is 34.9 Å². The molecule has 0 saturated heterocycles. The van der Waals surface area contributed by atoms with E-state index in [1.807, 2.05) is 25.1 Å². The predicted molar refractivity (Wildman–Crippen MR) is 74.3 cm³/mol. The Balaban J connectivity index is 1.92. The van der Waals surface area contributed by atoms with Gasteiger partial charge in [0.1, 0.15) is 17.1 Å². The van der Waals surface area contributed by atoms with E-state index in [9.17, 15) is 0 Å². The maximum atomic E-state index is 6.29. The van der Waals surface area contributed by atoms with Crippen LogP contribution in [0.3, 0.4) is 0 Å². The summed E-state index contributed by atoms with van der Waals surface area (Å²) >= 11 is 0. The summed E-state index contributed by atoms with van der Waals surface area (Å²) in [7, 11) is 0. The van der Waals surface area contributed by atoms with Crippen LogP contribution in [0, 0.1) is 6.92 Å². The van der Waals surface area contributed by atoms with Gasteiger partial charge in [0.05, 0.1) is 12.3 Å². The summed E-state index contributed by atoms with van der Waals surface area (Å²) in [6.45, 7) is 6.13. The quantitative estimate of drug-likeness (QED) is 0.897. The second-order valence-corrected chi connectivity index (χ2v) is 5.87. The predicted octanol–water partition coefficient (Wildman–Crippen LogP) is 3.35. The molecule has 2 N–H and O–H groups in total. The van der Waals surface area contributed by atoms with Gasteiger partial charge in [0.2, 0.25) is 0 Å². The first-order chi connectivity index (χ1) is 8.94. The van der Waals surface area contributed by atoms with Crippen molar-refractivity contribution < 1.29 is 9.15 Å². The van der Waals surface area contributed by atoms with Crippen molar-refractivity contribution in [3.63, 3.8) is 0 Å². The van der Waals surface area contributed by atoms with E-state index in [4.69, 9.17) is 14.9 Å². The minimum Gasteiger partial charge on any atom is -0.487 e. The summed E-state index contributed by atoms with van der Waals surface area (Å²) in [4.78, 5) is 0. The van der Waals surface area contributed by atoms with Crippen molar-refractivity contribution in [2.24, 2.45) is 5.73 Å². The SMILES string of the molecule is Cc1cc(C(N)c2ccc3c(c2)CC(C)(C)O3)co1. The maximum Gasteiger partial charge on any atom is 0.123 e. The van der Waals surface area contributed by atoms with Gasteiger partial charge in [-0.15, -0.1) is 0 Å². The Morgan fingerprint density at radius 3 is 2.68 bits per heavy atom. The molecule has 0 amide bonds. The number of aryl methyl sites for hydroxylation is 1. The monoisotopic (exact) mass is 257 g/mol. The molecule has 0 aliphatic carbocycles. The summed E-state index contributed by atoms with van der Waals surface area (Å²) < 4.78 is 11.2. The number of benzene rings is 1. The minimum atomic E-state index is -0.147. The van der Waals surface area contributed by atoms with Gasteiger partial charge < -0.3 is 14.9 Å². The molecule has 1 aromatic heterocycles. The second-order valence-electron chi connectivity index (χ2n) is 5.87. The topological polar surface area (TPSA) is 48.4 Å². The number of hydrogen-bond donors (Lipinski definition) is 1. The van der Waals surface area contributed by atoms with Crippen molar-refractivity contribution in [1.82, 2.24) is 0 Å². The van der Waals surface area contributed by atoms with E-state index >= 15 is 0 Å². The largest absolute Gasteiger partial charge is 0.487 e. The van der Waals surface area contributed by atoms with E-state index in [0.29, 0.717) is 0 Å². The highest BCUT2D eigenvalue weighted by Crippen LogP contribution is 2.36. The number of fused-ring (bicyclic) bond motifs is 1. The molecule has 0 saturated carbocycles. The molecule has 2 aromatic rings. The fourth-order valence-electron chi connectivity index (χ4n) is 2.64. The van der Waals surface area contributed by atoms with E-state index in [-0.39, 0.29) is 11.6 Å². The van der Waals surface area contributed by atoms with Gasteiger partial charge in [0.25, 0.3) is 0 Å². The molecule has 1 aromatic carbocycles. The first-order valence-electron chi connectivity index (χ1n) is 6.57. The van der Waals surface area contributed by atoms with Crippen molar-refractivity contribution in [2.45, 2.75) is 38.8 Å². The van der Waals surface area contributed by atoms with Crippen LogP contribution in [0.4, 0.5) is 0 Å². The molecular formula is C16H19NO2. The average Bonchev–Trinajstić information content (AvgIpc) is 2.88. The molecule has 100 valence electrons. The van der Waals surface area contributed by atoms with Gasteiger partial charge in [-0.3, -0.25) is 0 Å². The normalized spacial score (nSPS) is 17.9. The van der Waals surface area contributed by atoms with Gasteiger partial charge in [-0.25, -0.2) is 0 Å². The molecule has 1 aliphatic rings. The van der Waals surface area contributed by atoms with Crippen molar-refractivity contribution in [1.29, 1.82) is 0 Å². The average molecular weight is 257 g/mol. The molecule has 2 heterocycles. The highest BCUT2D eigenvalue weighted by atomic mass is 16.5. The van der Waals surface area contributed by atoms with Crippen molar-refractivity contribution in [2.75, 3.05) is 0 Å².